The number of rotatable bonds is 3. The molecule has 1 aliphatic rings. The maximum absolute atomic E-state index is 11.3. The molecule has 1 atom stereocenters. The quantitative estimate of drug-likeness (QED) is 0.619. The molecule has 0 aliphatic carbocycles. The molecule has 0 saturated carbocycles. The van der Waals surface area contributed by atoms with E-state index < -0.39 is 9.84 Å². The summed E-state index contributed by atoms with van der Waals surface area (Å²) in [6, 6.07) is 9.80. The van der Waals surface area contributed by atoms with E-state index in [1.165, 1.54) is 0 Å². The van der Waals surface area contributed by atoms with Gasteiger partial charge in [0.15, 0.2) is 9.84 Å². The second-order valence-corrected chi connectivity index (χ2v) is 6.44. The van der Waals surface area contributed by atoms with Crippen LogP contribution in [0.2, 0.25) is 0 Å². The number of hydrazine groups is 1. The van der Waals surface area contributed by atoms with Crippen LogP contribution in [0, 0.1) is 0 Å². The van der Waals surface area contributed by atoms with Crippen molar-refractivity contribution in [2.75, 3.05) is 11.5 Å². The second-order valence-electron chi connectivity index (χ2n) is 4.21. The van der Waals surface area contributed by atoms with Crippen LogP contribution in [0.5, 0.6) is 0 Å². The van der Waals surface area contributed by atoms with Crippen molar-refractivity contribution in [1.29, 1.82) is 0 Å². The highest BCUT2D eigenvalue weighted by atomic mass is 32.2. The number of benzene rings is 1. The molecule has 1 aliphatic heterocycles. The molecule has 1 saturated heterocycles. The van der Waals surface area contributed by atoms with Crippen LogP contribution in [-0.2, 0) is 16.4 Å². The van der Waals surface area contributed by atoms with Crippen molar-refractivity contribution in [1.82, 2.24) is 5.01 Å². The van der Waals surface area contributed by atoms with Gasteiger partial charge in [-0.25, -0.2) is 13.4 Å². The average Bonchev–Trinajstić information content (AvgIpc) is 2.60. The molecule has 5 heteroatoms. The van der Waals surface area contributed by atoms with Gasteiger partial charge in [0.2, 0.25) is 0 Å². The normalized spacial score (nSPS) is 23.8. The van der Waals surface area contributed by atoms with Crippen molar-refractivity contribution in [2.24, 2.45) is 5.84 Å². The molecule has 0 radical (unpaired) electrons. The lowest BCUT2D eigenvalue weighted by atomic mass is 10.2. The van der Waals surface area contributed by atoms with Gasteiger partial charge < -0.3 is 0 Å². The van der Waals surface area contributed by atoms with Crippen molar-refractivity contribution >= 4 is 9.84 Å². The topological polar surface area (TPSA) is 63.4 Å². The molecule has 0 bridgehead atoms. The molecule has 1 aromatic rings. The Bertz CT molecular complexity index is 444. The van der Waals surface area contributed by atoms with Crippen LogP contribution in [0.3, 0.4) is 0 Å². The molecule has 1 heterocycles. The number of hydrogen-bond donors (Lipinski definition) is 1. The van der Waals surface area contributed by atoms with Gasteiger partial charge in [-0.15, -0.1) is 0 Å². The average molecular weight is 240 g/mol. The number of hydrogen-bond acceptors (Lipinski definition) is 4. The zero-order valence-electron chi connectivity index (χ0n) is 9.04. The van der Waals surface area contributed by atoms with E-state index in [4.69, 9.17) is 5.84 Å². The molecule has 4 nitrogen and oxygen atoms in total. The first kappa shape index (κ1) is 11.6. The summed E-state index contributed by atoms with van der Waals surface area (Å²) >= 11 is 0. The first-order valence-corrected chi connectivity index (χ1v) is 7.15. The Morgan fingerprint density at radius 2 is 2.00 bits per heavy atom. The maximum atomic E-state index is 11.3. The third-order valence-corrected chi connectivity index (χ3v) is 4.64. The molecule has 0 amide bonds. The summed E-state index contributed by atoms with van der Waals surface area (Å²) in [7, 11) is -2.85. The summed E-state index contributed by atoms with van der Waals surface area (Å²) < 4.78 is 22.6. The van der Waals surface area contributed by atoms with Crippen molar-refractivity contribution in [3.8, 4) is 0 Å². The first-order valence-electron chi connectivity index (χ1n) is 5.32. The van der Waals surface area contributed by atoms with Crippen LogP contribution in [0.4, 0.5) is 0 Å². The van der Waals surface area contributed by atoms with Crippen LogP contribution in [-0.4, -0.2) is 31.0 Å². The lowest BCUT2D eigenvalue weighted by Gasteiger charge is -2.22. The molecule has 1 fully saturated rings. The van der Waals surface area contributed by atoms with Crippen molar-refractivity contribution in [2.45, 2.75) is 19.0 Å². The van der Waals surface area contributed by atoms with Crippen LogP contribution in [0.25, 0.3) is 0 Å². The molecule has 16 heavy (non-hydrogen) atoms. The zero-order chi connectivity index (χ0) is 11.6. The SMILES string of the molecule is NN(Cc1ccccc1)C1CCS(=O)(=O)C1. The van der Waals surface area contributed by atoms with Gasteiger partial charge in [-0.1, -0.05) is 30.3 Å². The number of nitrogens with zero attached hydrogens (tertiary/aromatic N) is 1. The zero-order valence-corrected chi connectivity index (χ0v) is 9.86. The molecule has 88 valence electrons. The van der Waals surface area contributed by atoms with E-state index in [1.807, 2.05) is 30.3 Å². The molecule has 1 unspecified atom stereocenters. The van der Waals surface area contributed by atoms with Gasteiger partial charge in [-0.3, -0.25) is 5.84 Å². The Kier molecular flexibility index (Phi) is 3.28. The predicted molar refractivity (Wildman–Crippen MR) is 63.2 cm³/mol. The summed E-state index contributed by atoms with van der Waals surface area (Å²) in [6.07, 6.45) is 0.645. The highest BCUT2D eigenvalue weighted by Gasteiger charge is 2.30. The third-order valence-electron chi connectivity index (χ3n) is 2.89. The van der Waals surface area contributed by atoms with E-state index in [0.717, 1.165) is 5.56 Å². The van der Waals surface area contributed by atoms with Gasteiger partial charge in [0.1, 0.15) is 0 Å². The second kappa shape index (κ2) is 4.53. The lowest BCUT2D eigenvalue weighted by molar-refractivity contribution is 0.209. The fourth-order valence-electron chi connectivity index (χ4n) is 1.96. The minimum Gasteiger partial charge on any atom is -0.268 e. The Morgan fingerprint density at radius 3 is 2.56 bits per heavy atom. The fourth-order valence-corrected chi connectivity index (χ4v) is 3.70. The fraction of sp³-hybridized carbons (Fsp3) is 0.455. The standard InChI is InChI=1S/C11H16N2O2S/c12-13(8-10-4-2-1-3-5-10)11-6-7-16(14,15)9-11/h1-5,11H,6-9,12H2. The monoisotopic (exact) mass is 240 g/mol. The molecular formula is C11H16N2O2S. The molecule has 0 aromatic heterocycles. The van der Waals surface area contributed by atoms with E-state index in [1.54, 1.807) is 5.01 Å². The smallest absolute Gasteiger partial charge is 0.151 e. The Balaban J connectivity index is 1.97. The van der Waals surface area contributed by atoms with Gasteiger partial charge in [-0.2, -0.15) is 0 Å². The summed E-state index contributed by atoms with van der Waals surface area (Å²) in [5.74, 6) is 6.36. The van der Waals surface area contributed by atoms with E-state index >= 15 is 0 Å². The Labute approximate surface area is 95.9 Å². The lowest BCUT2D eigenvalue weighted by Crippen LogP contribution is -2.41. The summed E-state index contributed by atoms with van der Waals surface area (Å²) in [6.45, 7) is 0.598. The summed E-state index contributed by atoms with van der Waals surface area (Å²) in [5, 5.41) is 1.64. The van der Waals surface area contributed by atoms with Crippen LogP contribution in [0.15, 0.2) is 30.3 Å². The molecular weight excluding hydrogens is 224 g/mol. The van der Waals surface area contributed by atoms with Crippen molar-refractivity contribution in [3.05, 3.63) is 35.9 Å². The highest BCUT2D eigenvalue weighted by Crippen LogP contribution is 2.17. The highest BCUT2D eigenvalue weighted by molar-refractivity contribution is 7.91. The van der Waals surface area contributed by atoms with Gasteiger partial charge in [-0.05, 0) is 12.0 Å². The van der Waals surface area contributed by atoms with Crippen LogP contribution in [0.1, 0.15) is 12.0 Å². The van der Waals surface area contributed by atoms with Crippen LogP contribution < -0.4 is 5.84 Å². The van der Waals surface area contributed by atoms with E-state index in [2.05, 4.69) is 0 Å². The maximum Gasteiger partial charge on any atom is 0.151 e. The number of sulfone groups is 1. The Morgan fingerprint density at radius 1 is 1.31 bits per heavy atom. The molecule has 1 aromatic carbocycles. The summed E-state index contributed by atoms with van der Waals surface area (Å²) in [5.41, 5.74) is 1.11. The van der Waals surface area contributed by atoms with E-state index in [-0.39, 0.29) is 17.5 Å². The van der Waals surface area contributed by atoms with E-state index in [0.29, 0.717) is 13.0 Å². The molecule has 2 N–H and O–H groups in total. The number of nitrogens with two attached hydrogens (primary N) is 1. The molecule has 0 spiro atoms. The van der Waals surface area contributed by atoms with Gasteiger partial charge in [0, 0.05) is 12.6 Å². The van der Waals surface area contributed by atoms with Crippen molar-refractivity contribution in [3.63, 3.8) is 0 Å². The van der Waals surface area contributed by atoms with Gasteiger partial charge in [0.05, 0.1) is 11.5 Å². The largest absolute Gasteiger partial charge is 0.268 e. The van der Waals surface area contributed by atoms with Crippen molar-refractivity contribution < 1.29 is 8.42 Å². The third kappa shape index (κ3) is 2.81. The minimum atomic E-state index is -2.85. The summed E-state index contributed by atoms with van der Waals surface area (Å²) in [4.78, 5) is 0. The van der Waals surface area contributed by atoms with Gasteiger partial charge in [0.25, 0.3) is 0 Å². The van der Waals surface area contributed by atoms with Crippen LogP contribution >= 0.6 is 0 Å². The Hall–Kier alpha value is -0.910. The first-order chi connectivity index (χ1) is 7.57. The predicted octanol–water partition coefficient (Wildman–Crippen LogP) is 0.549. The van der Waals surface area contributed by atoms with Gasteiger partial charge >= 0.3 is 0 Å². The van der Waals surface area contributed by atoms with E-state index in [9.17, 15) is 8.42 Å². The minimum absolute atomic E-state index is 0.0368. The molecule has 2 rings (SSSR count).